The Balaban J connectivity index is 2.03. The molecule has 1 saturated heterocycles. The maximum Gasteiger partial charge on any atom is 0.129 e. The van der Waals surface area contributed by atoms with Crippen molar-refractivity contribution in [2.24, 2.45) is 0 Å². The molecule has 1 fully saturated rings. The van der Waals surface area contributed by atoms with Crippen LogP contribution in [-0.4, -0.2) is 29.7 Å². The minimum absolute atomic E-state index is 0.189. The molecule has 2 rings (SSSR count). The summed E-state index contributed by atoms with van der Waals surface area (Å²) in [5.74, 6) is 1.13. The number of pyridine rings is 1. The average Bonchev–Trinajstić information content (AvgIpc) is 2.73. The molecule has 1 N–H and O–H groups in total. The van der Waals surface area contributed by atoms with Crippen molar-refractivity contribution in [2.75, 3.05) is 18.0 Å². The van der Waals surface area contributed by atoms with Crippen molar-refractivity contribution in [2.45, 2.75) is 52.1 Å². The lowest BCUT2D eigenvalue weighted by molar-refractivity contribution is 0.404. The lowest BCUT2D eigenvalue weighted by atomic mass is 10.1. The molecule has 0 bridgehead atoms. The van der Waals surface area contributed by atoms with Crippen LogP contribution in [0, 0.1) is 6.92 Å². The summed E-state index contributed by atoms with van der Waals surface area (Å²) in [5, 5.41) is 3.61. The van der Waals surface area contributed by atoms with Crippen LogP contribution < -0.4 is 10.2 Å². The standard InChI is InChI=1S/C15H25N3/c1-12-7-8-16-14(10-12)18-9-5-6-13(18)11-17-15(2,3)4/h7-8,10,13,17H,5-6,9,11H2,1-4H3. The Morgan fingerprint density at radius 2 is 2.22 bits per heavy atom. The molecule has 1 atom stereocenters. The van der Waals surface area contributed by atoms with Crippen molar-refractivity contribution in [1.29, 1.82) is 0 Å². The first-order valence-corrected chi connectivity index (χ1v) is 6.90. The molecular formula is C15H25N3. The van der Waals surface area contributed by atoms with Gasteiger partial charge in [-0.1, -0.05) is 0 Å². The zero-order valence-electron chi connectivity index (χ0n) is 12.0. The predicted molar refractivity (Wildman–Crippen MR) is 77.1 cm³/mol. The van der Waals surface area contributed by atoms with Crippen LogP contribution in [0.5, 0.6) is 0 Å². The molecule has 1 aliphatic heterocycles. The Morgan fingerprint density at radius 1 is 1.44 bits per heavy atom. The molecule has 3 heteroatoms. The molecule has 1 unspecified atom stereocenters. The number of aryl methyl sites for hydroxylation is 1. The molecule has 2 heterocycles. The van der Waals surface area contributed by atoms with Gasteiger partial charge in [-0.05, 0) is 58.2 Å². The molecule has 0 aliphatic carbocycles. The average molecular weight is 247 g/mol. The van der Waals surface area contributed by atoms with E-state index in [1.807, 2.05) is 6.20 Å². The van der Waals surface area contributed by atoms with Gasteiger partial charge >= 0.3 is 0 Å². The quantitative estimate of drug-likeness (QED) is 0.890. The number of hydrogen-bond donors (Lipinski definition) is 1. The van der Waals surface area contributed by atoms with Gasteiger partial charge in [-0.15, -0.1) is 0 Å². The molecule has 3 nitrogen and oxygen atoms in total. The smallest absolute Gasteiger partial charge is 0.129 e. The van der Waals surface area contributed by atoms with Gasteiger partial charge in [-0.3, -0.25) is 0 Å². The van der Waals surface area contributed by atoms with Gasteiger partial charge in [0.25, 0.3) is 0 Å². The first-order chi connectivity index (χ1) is 8.46. The van der Waals surface area contributed by atoms with Crippen LogP contribution in [0.2, 0.25) is 0 Å². The van der Waals surface area contributed by atoms with Crippen LogP contribution in [0.15, 0.2) is 18.3 Å². The third-order valence-electron chi connectivity index (χ3n) is 3.44. The van der Waals surface area contributed by atoms with E-state index in [2.05, 4.69) is 55.0 Å². The van der Waals surface area contributed by atoms with Crippen LogP contribution in [0.1, 0.15) is 39.2 Å². The fraction of sp³-hybridized carbons (Fsp3) is 0.667. The van der Waals surface area contributed by atoms with Crippen LogP contribution in [-0.2, 0) is 0 Å². The van der Waals surface area contributed by atoms with Crippen LogP contribution in [0.25, 0.3) is 0 Å². The molecule has 1 aromatic heterocycles. The van der Waals surface area contributed by atoms with Crippen molar-refractivity contribution < 1.29 is 0 Å². The zero-order chi connectivity index (χ0) is 13.2. The van der Waals surface area contributed by atoms with Gasteiger partial charge in [-0.2, -0.15) is 0 Å². The predicted octanol–water partition coefficient (Wildman–Crippen LogP) is 2.75. The Hall–Kier alpha value is -1.09. The molecule has 100 valence electrons. The van der Waals surface area contributed by atoms with E-state index in [9.17, 15) is 0 Å². The van der Waals surface area contributed by atoms with Crippen molar-refractivity contribution in [3.8, 4) is 0 Å². The number of rotatable bonds is 3. The van der Waals surface area contributed by atoms with Gasteiger partial charge in [0.1, 0.15) is 5.82 Å². The minimum Gasteiger partial charge on any atom is -0.352 e. The van der Waals surface area contributed by atoms with E-state index in [-0.39, 0.29) is 5.54 Å². The second kappa shape index (κ2) is 5.27. The number of nitrogens with one attached hydrogen (secondary N) is 1. The lowest BCUT2D eigenvalue weighted by Crippen LogP contribution is -2.45. The third kappa shape index (κ3) is 3.45. The molecule has 0 radical (unpaired) electrons. The molecule has 0 saturated carbocycles. The van der Waals surface area contributed by atoms with E-state index in [1.54, 1.807) is 0 Å². The summed E-state index contributed by atoms with van der Waals surface area (Å²) in [4.78, 5) is 6.96. The van der Waals surface area contributed by atoms with Crippen LogP contribution in [0.3, 0.4) is 0 Å². The van der Waals surface area contributed by atoms with Crippen molar-refractivity contribution in [3.05, 3.63) is 23.9 Å². The van der Waals surface area contributed by atoms with Crippen molar-refractivity contribution in [1.82, 2.24) is 10.3 Å². The molecule has 0 amide bonds. The van der Waals surface area contributed by atoms with E-state index in [0.29, 0.717) is 6.04 Å². The Kier molecular flexibility index (Phi) is 3.91. The summed E-state index contributed by atoms with van der Waals surface area (Å²) in [7, 11) is 0. The molecule has 1 aromatic rings. The van der Waals surface area contributed by atoms with Gasteiger partial charge < -0.3 is 10.2 Å². The second-order valence-electron chi connectivity index (χ2n) is 6.31. The molecule has 0 spiro atoms. The molecule has 1 aliphatic rings. The number of hydrogen-bond acceptors (Lipinski definition) is 3. The van der Waals surface area contributed by atoms with E-state index in [4.69, 9.17) is 0 Å². The Morgan fingerprint density at radius 3 is 2.89 bits per heavy atom. The maximum absolute atomic E-state index is 4.51. The summed E-state index contributed by atoms with van der Waals surface area (Å²) >= 11 is 0. The highest BCUT2D eigenvalue weighted by Gasteiger charge is 2.26. The van der Waals surface area contributed by atoms with Gasteiger partial charge in [0, 0.05) is 30.9 Å². The van der Waals surface area contributed by atoms with Gasteiger partial charge in [0.2, 0.25) is 0 Å². The largest absolute Gasteiger partial charge is 0.352 e. The summed E-state index contributed by atoms with van der Waals surface area (Å²) in [6.07, 6.45) is 4.45. The molecular weight excluding hydrogens is 222 g/mol. The first-order valence-electron chi connectivity index (χ1n) is 6.90. The van der Waals surface area contributed by atoms with Gasteiger partial charge in [0.05, 0.1) is 0 Å². The number of nitrogens with zero attached hydrogens (tertiary/aromatic N) is 2. The fourth-order valence-corrected chi connectivity index (χ4v) is 2.45. The third-order valence-corrected chi connectivity index (χ3v) is 3.44. The SMILES string of the molecule is Cc1ccnc(N2CCCC2CNC(C)(C)C)c1. The normalized spacial score (nSPS) is 20.4. The Labute approximate surface area is 111 Å². The van der Waals surface area contributed by atoms with E-state index in [1.165, 1.54) is 18.4 Å². The summed E-state index contributed by atoms with van der Waals surface area (Å²) < 4.78 is 0. The summed E-state index contributed by atoms with van der Waals surface area (Å²) in [6, 6.07) is 4.83. The fourth-order valence-electron chi connectivity index (χ4n) is 2.45. The van der Waals surface area contributed by atoms with Crippen molar-refractivity contribution in [3.63, 3.8) is 0 Å². The maximum atomic E-state index is 4.51. The van der Waals surface area contributed by atoms with Gasteiger partial charge in [-0.25, -0.2) is 4.98 Å². The van der Waals surface area contributed by atoms with Crippen LogP contribution in [0.4, 0.5) is 5.82 Å². The molecule has 18 heavy (non-hydrogen) atoms. The minimum atomic E-state index is 0.189. The Bertz CT molecular complexity index is 395. The van der Waals surface area contributed by atoms with E-state index in [0.717, 1.165) is 18.9 Å². The lowest BCUT2D eigenvalue weighted by Gasteiger charge is -2.29. The van der Waals surface area contributed by atoms with Crippen molar-refractivity contribution >= 4 is 5.82 Å². The summed E-state index contributed by atoms with van der Waals surface area (Å²) in [5.41, 5.74) is 1.48. The number of anilines is 1. The first kappa shape index (κ1) is 13.3. The molecule has 0 aromatic carbocycles. The topological polar surface area (TPSA) is 28.2 Å². The van der Waals surface area contributed by atoms with Crippen LogP contribution >= 0.6 is 0 Å². The monoisotopic (exact) mass is 247 g/mol. The highest BCUT2D eigenvalue weighted by molar-refractivity contribution is 5.43. The van der Waals surface area contributed by atoms with E-state index < -0.39 is 0 Å². The second-order valence-corrected chi connectivity index (χ2v) is 6.31. The zero-order valence-corrected chi connectivity index (χ0v) is 12.0. The summed E-state index contributed by atoms with van der Waals surface area (Å²) in [6.45, 7) is 11.0. The van der Waals surface area contributed by atoms with E-state index >= 15 is 0 Å². The number of aromatic nitrogens is 1. The highest BCUT2D eigenvalue weighted by Crippen LogP contribution is 2.24. The van der Waals surface area contributed by atoms with Gasteiger partial charge in [0.15, 0.2) is 0 Å². The highest BCUT2D eigenvalue weighted by atomic mass is 15.2.